The lowest BCUT2D eigenvalue weighted by Gasteiger charge is -2.45. The molecule has 1 fully saturated rings. The number of aliphatic hydroxyl groups is 1. The summed E-state index contributed by atoms with van der Waals surface area (Å²) in [6, 6.07) is 0. The summed E-state index contributed by atoms with van der Waals surface area (Å²) in [6.07, 6.45) is 3.38. The molecule has 0 saturated heterocycles. The lowest BCUT2D eigenvalue weighted by Crippen LogP contribution is -2.49. The minimum Gasteiger partial charge on any atom is -0.469 e. The summed E-state index contributed by atoms with van der Waals surface area (Å²) in [5.74, 6) is 0.0481. The summed E-state index contributed by atoms with van der Waals surface area (Å²) in [5.41, 5.74) is -0.608. The van der Waals surface area contributed by atoms with Gasteiger partial charge in [-0.05, 0) is 42.9 Å². The van der Waals surface area contributed by atoms with E-state index >= 15 is 0 Å². The van der Waals surface area contributed by atoms with Crippen LogP contribution in [0.1, 0.15) is 60.3 Å². The highest BCUT2D eigenvalue weighted by Gasteiger charge is 2.47. The van der Waals surface area contributed by atoms with Gasteiger partial charge in [0.25, 0.3) is 0 Å². The van der Waals surface area contributed by atoms with Gasteiger partial charge in [-0.25, -0.2) is 0 Å². The molecule has 1 N–H and O–H groups in total. The van der Waals surface area contributed by atoms with E-state index in [0.717, 1.165) is 12.8 Å². The van der Waals surface area contributed by atoms with Crippen molar-refractivity contribution >= 4 is 5.97 Å². The Hall–Kier alpha value is -0.570. The van der Waals surface area contributed by atoms with Crippen molar-refractivity contribution in [2.75, 3.05) is 7.11 Å². The van der Waals surface area contributed by atoms with Gasteiger partial charge in [0, 0.05) is 0 Å². The van der Waals surface area contributed by atoms with Gasteiger partial charge >= 0.3 is 5.97 Å². The minimum absolute atomic E-state index is 0.101. The van der Waals surface area contributed by atoms with Gasteiger partial charge in [0.1, 0.15) is 0 Å². The molecule has 0 aromatic heterocycles. The van der Waals surface area contributed by atoms with Gasteiger partial charge in [-0.15, -0.1) is 0 Å². The first-order valence-corrected chi connectivity index (χ1v) is 7.42. The van der Waals surface area contributed by atoms with Crippen LogP contribution in [0.15, 0.2) is 0 Å². The molecular formula is C16H30O3. The molecule has 112 valence electrons. The summed E-state index contributed by atoms with van der Waals surface area (Å²) in [4.78, 5) is 12.0. The van der Waals surface area contributed by atoms with Crippen molar-refractivity contribution < 1.29 is 14.6 Å². The predicted molar refractivity (Wildman–Crippen MR) is 76.7 cm³/mol. The van der Waals surface area contributed by atoms with Crippen molar-refractivity contribution in [1.29, 1.82) is 0 Å². The highest BCUT2D eigenvalue weighted by Crippen LogP contribution is 2.45. The first kappa shape index (κ1) is 16.5. The number of hydrogen-bond acceptors (Lipinski definition) is 3. The zero-order valence-corrected chi connectivity index (χ0v) is 13.3. The van der Waals surface area contributed by atoms with Gasteiger partial charge in [-0.1, -0.05) is 34.6 Å². The van der Waals surface area contributed by atoms with Crippen LogP contribution in [0.25, 0.3) is 0 Å². The third-order valence-electron chi connectivity index (χ3n) is 4.78. The second kappa shape index (κ2) is 5.82. The van der Waals surface area contributed by atoms with E-state index in [1.807, 2.05) is 13.8 Å². The van der Waals surface area contributed by atoms with Gasteiger partial charge < -0.3 is 9.84 Å². The van der Waals surface area contributed by atoms with E-state index in [1.165, 1.54) is 7.11 Å². The zero-order valence-electron chi connectivity index (χ0n) is 13.3. The SMILES string of the molecule is COC(=O)C(C(C)C)C1(O)CCC(C(C)(C)C)CC1. The van der Waals surface area contributed by atoms with Crippen LogP contribution in [-0.2, 0) is 9.53 Å². The van der Waals surface area contributed by atoms with Crippen molar-refractivity contribution in [1.82, 2.24) is 0 Å². The normalized spacial score (nSPS) is 30.2. The Balaban J connectivity index is 2.81. The fraction of sp³-hybridized carbons (Fsp3) is 0.938. The highest BCUT2D eigenvalue weighted by atomic mass is 16.5. The average molecular weight is 270 g/mol. The standard InChI is InChI=1S/C16H30O3/c1-11(2)13(14(17)19-6)16(18)9-7-12(8-10-16)15(3,4)5/h11-13,18H,7-10H2,1-6H3. The molecule has 0 aromatic carbocycles. The van der Waals surface area contributed by atoms with Crippen LogP contribution in [0, 0.1) is 23.2 Å². The van der Waals surface area contributed by atoms with Crippen LogP contribution in [0.5, 0.6) is 0 Å². The van der Waals surface area contributed by atoms with Gasteiger partial charge in [0.05, 0.1) is 18.6 Å². The molecular weight excluding hydrogens is 240 g/mol. The van der Waals surface area contributed by atoms with Crippen LogP contribution in [0.4, 0.5) is 0 Å². The molecule has 19 heavy (non-hydrogen) atoms. The number of rotatable bonds is 3. The topological polar surface area (TPSA) is 46.5 Å². The lowest BCUT2D eigenvalue weighted by atomic mass is 9.64. The monoisotopic (exact) mass is 270 g/mol. The van der Waals surface area contributed by atoms with Gasteiger partial charge in [-0.3, -0.25) is 4.79 Å². The molecule has 0 radical (unpaired) electrons. The quantitative estimate of drug-likeness (QED) is 0.800. The zero-order chi connectivity index (χ0) is 14.8. The first-order valence-electron chi connectivity index (χ1n) is 7.42. The Morgan fingerprint density at radius 2 is 1.74 bits per heavy atom. The van der Waals surface area contributed by atoms with Crippen molar-refractivity contribution in [2.24, 2.45) is 23.2 Å². The van der Waals surface area contributed by atoms with E-state index in [-0.39, 0.29) is 17.3 Å². The van der Waals surface area contributed by atoms with Crippen LogP contribution < -0.4 is 0 Å². The number of hydrogen-bond donors (Lipinski definition) is 1. The number of carbonyl (C=O) groups excluding carboxylic acids is 1. The fourth-order valence-electron chi connectivity index (χ4n) is 3.53. The molecule has 1 atom stereocenters. The van der Waals surface area contributed by atoms with Crippen LogP contribution >= 0.6 is 0 Å². The summed E-state index contributed by atoms with van der Waals surface area (Å²) in [6.45, 7) is 10.7. The molecule has 3 nitrogen and oxygen atoms in total. The predicted octanol–water partition coefficient (Wildman–Crippen LogP) is 3.40. The maximum absolute atomic E-state index is 12.0. The highest BCUT2D eigenvalue weighted by molar-refractivity contribution is 5.74. The molecule has 0 aromatic rings. The summed E-state index contributed by atoms with van der Waals surface area (Å²) < 4.78 is 4.89. The molecule has 0 heterocycles. The largest absolute Gasteiger partial charge is 0.469 e. The summed E-state index contributed by atoms with van der Waals surface area (Å²) >= 11 is 0. The van der Waals surface area contributed by atoms with Crippen molar-refractivity contribution in [3.8, 4) is 0 Å². The number of ether oxygens (including phenoxy) is 1. The fourth-order valence-corrected chi connectivity index (χ4v) is 3.53. The molecule has 3 heteroatoms. The third kappa shape index (κ3) is 3.71. The van der Waals surface area contributed by atoms with E-state index in [2.05, 4.69) is 20.8 Å². The molecule has 0 spiro atoms. The Bertz CT molecular complexity index is 306. The molecule has 1 aliphatic carbocycles. The Labute approximate surface area is 117 Å². The van der Waals surface area contributed by atoms with Crippen molar-refractivity contribution in [2.45, 2.75) is 65.9 Å². The Kier molecular flexibility index (Phi) is 5.05. The van der Waals surface area contributed by atoms with E-state index in [1.54, 1.807) is 0 Å². The van der Waals surface area contributed by atoms with E-state index < -0.39 is 11.5 Å². The smallest absolute Gasteiger partial charge is 0.311 e. The van der Waals surface area contributed by atoms with Gasteiger partial charge in [0.2, 0.25) is 0 Å². The summed E-state index contributed by atoms with van der Waals surface area (Å²) in [5, 5.41) is 10.9. The Morgan fingerprint density at radius 1 is 1.26 bits per heavy atom. The van der Waals surface area contributed by atoms with E-state index in [4.69, 9.17) is 4.74 Å². The molecule has 0 amide bonds. The second-order valence-electron chi connectivity index (χ2n) is 7.49. The Morgan fingerprint density at radius 3 is 2.05 bits per heavy atom. The van der Waals surface area contributed by atoms with Crippen molar-refractivity contribution in [3.63, 3.8) is 0 Å². The van der Waals surface area contributed by atoms with Gasteiger partial charge in [-0.2, -0.15) is 0 Å². The third-order valence-corrected chi connectivity index (χ3v) is 4.78. The molecule has 0 aliphatic heterocycles. The first-order chi connectivity index (χ1) is 8.62. The maximum Gasteiger partial charge on any atom is 0.311 e. The number of methoxy groups -OCH3 is 1. The molecule has 1 rings (SSSR count). The van der Waals surface area contributed by atoms with Crippen molar-refractivity contribution in [3.05, 3.63) is 0 Å². The van der Waals surface area contributed by atoms with Crippen LogP contribution in [0.2, 0.25) is 0 Å². The molecule has 1 unspecified atom stereocenters. The van der Waals surface area contributed by atoms with E-state index in [9.17, 15) is 9.90 Å². The van der Waals surface area contributed by atoms with Crippen LogP contribution in [-0.4, -0.2) is 23.8 Å². The molecule has 1 aliphatic rings. The number of esters is 1. The average Bonchev–Trinajstić information content (AvgIpc) is 2.27. The molecule has 0 bridgehead atoms. The summed E-state index contributed by atoms with van der Waals surface area (Å²) in [7, 11) is 1.40. The minimum atomic E-state index is -0.886. The maximum atomic E-state index is 12.0. The number of carbonyl (C=O) groups is 1. The van der Waals surface area contributed by atoms with E-state index in [0.29, 0.717) is 18.8 Å². The lowest BCUT2D eigenvalue weighted by molar-refractivity contribution is -0.164. The second-order valence-corrected chi connectivity index (χ2v) is 7.49. The molecule has 1 saturated carbocycles. The van der Waals surface area contributed by atoms with Crippen LogP contribution in [0.3, 0.4) is 0 Å². The van der Waals surface area contributed by atoms with Gasteiger partial charge in [0.15, 0.2) is 0 Å².